The van der Waals surface area contributed by atoms with E-state index in [4.69, 9.17) is 0 Å². The van der Waals surface area contributed by atoms with E-state index in [1.165, 1.54) is 36.4 Å². The van der Waals surface area contributed by atoms with Gasteiger partial charge in [-0.05, 0) is 66.2 Å². The van der Waals surface area contributed by atoms with Crippen LogP contribution in [0.2, 0.25) is 0 Å². The van der Waals surface area contributed by atoms with Crippen molar-refractivity contribution in [2.45, 2.75) is 12.4 Å². The van der Waals surface area contributed by atoms with E-state index in [9.17, 15) is 46.1 Å². The second-order valence-electron chi connectivity index (χ2n) is 9.07. The fraction of sp³-hybridized carbons (Fsp3) is 0.0690. The average molecular weight is 585 g/mol. The van der Waals surface area contributed by atoms with Crippen LogP contribution in [0.1, 0.15) is 27.0 Å². The number of halogens is 6. The Morgan fingerprint density at radius 3 is 2.07 bits per heavy atom. The number of benzene rings is 4. The van der Waals surface area contributed by atoms with Gasteiger partial charge < -0.3 is 10.2 Å². The lowest BCUT2D eigenvalue weighted by atomic mass is 10.0. The number of rotatable bonds is 5. The second-order valence-corrected chi connectivity index (χ2v) is 9.07. The Morgan fingerprint density at radius 2 is 1.43 bits per heavy atom. The smallest absolute Gasteiger partial charge is 0.416 e. The third kappa shape index (κ3) is 5.23. The summed E-state index contributed by atoms with van der Waals surface area (Å²) in [6.45, 7) is 0. The first-order valence-electron chi connectivity index (χ1n) is 12.0. The number of aromatic carboxylic acids is 1. The van der Waals surface area contributed by atoms with Gasteiger partial charge in [0.1, 0.15) is 5.75 Å². The topological polar surface area (TPSA) is 102 Å². The standard InChI is InChI=1S/C29H17F6N3O4/c30-28(31,32)17-7-10-19(11-8-17)38-23-14-18(29(33,34)35)9-12-21(23)24(26(38)40)37-36-22-6-2-5-20(25(22)39)15-3-1-4-16(13-15)27(41)42/h1-14,36,39H,(H,41,42)/b37-24-. The van der Waals surface area contributed by atoms with Gasteiger partial charge in [-0.1, -0.05) is 24.3 Å². The third-order valence-corrected chi connectivity index (χ3v) is 6.42. The minimum absolute atomic E-state index is 0.0185. The molecule has 4 aromatic carbocycles. The highest BCUT2D eigenvalue weighted by Crippen LogP contribution is 2.42. The Hall–Kier alpha value is -5.33. The number of anilines is 3. The Labute approximate surface area is 233 Å². The molecule has 0 fully saturated rings. The molecule has 0 aliphatic carbocycles. The Bertz CT molecular complexity index is 1750. The number of nitrogens with one attached hydrogen (secondary N) is 1. The molecule has 0 saturated carbocycles. The lowest BCUT2D eigenvalue weighted by Crippen LogP contribution is -2.26. The molecular weight excluding hydrogens is 568 g/mol. The van der Waals surface area contributed by atoms with Gasteiger partial charge in [0.25, 0.3) is 5.91 Å². The number of hydrogen-bond acceptors (Lipinski definition) is 5. The van der Waals surface area contributed by atoms with Crippen LogP contribution >= 0.6 is 0 Å². The van der Waals surface area contributed by atoms with Crippen LogP contribution in [0.25, 0.3) is 11.1 Å². The number of fused-ring (bicyclic) bond motifs is 1. The lowest BCUT2D eigenvalue weighted by Gasteiger charge is -2.19. The molecule has 13 heteroatoms. The number of phenolic OH excluding ortho intramolecular Hbond substituents is 1. The minimum Gasteiger partial charge on any atom is -0.505 e. The molecule has 214 valence electrons. The fourth-order valence-electron chi connectivity index (χ4n) is 4.39. The maximum atomic E-state index is 13.5. The zero-order chi connectivity index (χ0) is 30.4. The van der Waals surface area contributed by atoms with Crippen molar-refractivity contribution in [3.8, 4) is 16.9 Å². The van der Waals surface area contributed by atoms with E-state index < -0.39 is 35.4 Å². The van der Waals surface area contributed by atoms with Crippen molar-refractivity contribution in [1.82, 2.24) is 0 Å². The number of amides is 1. The number of para-hydroxylation sites is 1. The highest BCUT2D eigenvalue weighted by molar-refractivity contribution is 6.55. The van der Waals surface area contributed by atoms with Crippen LogP contribution in [0.15, 0.2) is 90.0 Å². The first-order valence-corrected chi connectivity index (χ1v) is 12.0. The molecule has 1 aliphatic rings. The molecule has 7 nitrogen and oxygen atoms in total. The van der Waals surface area contributed by atoms with Crippen molar-refractivity contribution in [3.05, 3.63) is 107 Å². The highest BCUT2D eigenvalue weighted by atomic mass is 19.4. The van der Waals surface area contributed by atoms with Crippen molar-refractivity contribution in [1.29, 1.82) is 0 Å². The van der Waals surface area contributed by atoms with Gasteiger partial charge in [0.2, 0.25) is 0 Å². The Balaban J connectivity index is 1.55. The quantitative estimate of drug-likeness (QED) is 0.130. The van der Waals surface area contributed by atoms with Crippen LogP contribution in [0.3, 0.4) is 0 Å². The number of phenols is 1. The zero-order valence-corrected chi connectivity index (χ0v) is 21.0. The van der Waals surface area contributed by atoms with E-state index >= 15 is 0 Å². The van der Waals surface area contributed by atoms with Gasteiger partial charge in [0.05, 0.1) is 28.1 Å². The number of alkyl halides is 6. The first-order chi connectivity index (χ1) is 19.8. The van der Waals surface area contributed by atoms with Gasteiger partial charge in [0, 0.05) is 16.8 Å². The minimum atomic E-state index is -4.77. The molecule has 3 N–H and O–H groups in total. The number of carboxylic acids is 1. The number of carbonyl (C=O) groups excluding carboxylic acids is 1. The molecule has 0 spiro atoms. The summed E-state index contributed by atoms with van der Waals surface area (Å²) in [6.07, 6.45) is -9.44. The normalized spacial score (nSPS) is 14.3. The van der Waals surface area contributed by atoms with Gasteiger partial charge in [-0.3, -0.25) is 15.1 Å². The number of hydrazone groups is 1. The van der Waals surface area contributed by atoms with E-state index in [1.807, 2.05) is 0 Å². The summed E-state index contributed by atoms with van der Waals surface area (Å²) >= 11 is 0. The molecule has 1 aliphatic heterocycles. The molecular formula is C29H17F6N3O4. The van der Waals surface area contributed by atoms with Gasteiger partial charge in [-0.25, -0.2) is 4.79 Å². The van der Waals surface area contributed by atoms with Crippen LogP contribution < -0.4 is 10.3 Å². The molecule has 5 rings (SSSR count). The van der Waals surface area contributed by atoms with Crippen LogP contribution in [0.4, 0.5) is 43.4 Å². The molecule has 0 radical (unpaired) electrons. The van der Waals surface area contributed by atoms with Gasteiger partial charge >= 0.3 is 18.3 Å². The number of aromatic hydroxyl groups is 1. The van der Waals surface area contributed by atoms with Crippen molar-refractivity contribution < 1.29 is 46.1 Å². The summed E-state index contributed by atoms with van der Waals surface area (Å²) in [4.78, 5) is 25.6. The molecule has 0 aromatic heterocycles. The van der Waals surface area contributed by atoms with Crippen molar-refractivity contribution >= 4 is 34.7 Å². The number of carbonyl (C=O) groups is 2. The second kappa shape index (κ2) is 10.3. The summed E-state index contributed by atoms with van der Waals surface area (Å²) in [5.74, 6) is -2.47. The lowest BCUT2D eigenvalue weighted by molar-refractivity contribution is -0.138. The monoisotopic (exact) mass is 585 g/mol. The van der Waals surface area contributed by atoms with Crippen molar-refractivity contribution in [3.63, 3.8) is 0 Å². The van der Waals surface area contributed by atoms with Crippen LogP contribution in [-0.2, 0) is 17.1 Å². The number of hydrogen-bond donors (Lipinski definition) is 3. The van der Waals surface area contributed by atoms with Crippen molar-refractivity contribution in [2.75, 3.05) is 10.3 Å². The maximum Gasteiger partial charge on any atom is 0.416 e. The number of carboxylic acid groups (broad SMARTS) is 1. The van der Waals surface area contributed by atoms with Crippen LogP contribution in [0, 0.1) is 0 Å². The van der Waals surface area contributed by atoms with E-state index in [-0.39, 0.29) is 45.2 Å². The SMILES string of the molecule is O=C(O)c1cccc(-c2cccc(N/N=C3\C(=O)N(c4ccc(C(F)(F)F)cc4)c4cc(C(F)(F)F)ccc43)c2O)c1. The van der Waals surface area contributed by atoms with Crippen LogP contribution in [-0.4, -0.2) is 27.8 Å². The summed E-state index contributed by atoms with van der Waals surface area (Å²) < 4.78 is 79.7. The predicted molar refractivity (Wildman–Crippen MR) is 141 cm³/mol. The van der Waals surface area contributed by atoms with E-state index in [1.54, 1.807) is 6.07 Å². The summed E-state index contributed by atoms with van der Waals surface area (Å²) in [7, 11) is 0. The molecule has 1 heterocycles. The van der Waals surface area contributed by atoms with E-state index in [0.29, 0.717) is 23.8 Å². The van der Waals surface area contributed by atoms with Crippen LogP contribution in [0.5, 0.6) is 5.75 Å². The van der Waals surface area contributed by atoms with Gasteiger partial charge in [-0.2, -0.15) is 31.4 Å². The van der Waals surface area contributed by atoms with E-state index in [2.05, 4.69) is 10.5 Å². The fourth-order valence-corrected chi connectivity index (χ4v) is 4.39. The molecule has 42 heavy (non-hydrogen) atoms. The zero-order valence-electron chi connectivity index (χ0n) is 21.0. The first kappa shape index (κ1) is 28.2. The average Bonchev–Trinajstić information content (AvgIpc) is 3.21. The van der Waals surface area contributed by atoms with E-state index in [0.717, 1.165) is 29.2 Å². The third-order valence-electron chi connectivity index (χ3n) is 6.42. The molecule has 1 amide bonds. The predicted octanol–water partition coefficient (Wildman–Crippen LogP) is 7.29. The Kier molecular flexibility index (Phi) is 6.89. The maximum absolute atomic E-state index is 13.5. The van der Waals surface area contributed by atoms with Gasteiger partial charge in [-0.15, -0.1) is 0 Å². The molecule has 0 bridgehead atoms. The molecule has 0 saturated heterocycles. The highest BCUT2D eigenvalue weighted by Gasteiger charge is 2.39. The molecule has 4 aromatic rings. The number of nitrogens with zero attached hydrogens (tertiary/aromatic N) is 2. The summed E-state index contributed by atoms with van der Waals surface area (Å²) in [5, 5.41) is 24.2. The van der Waals surface area contributed by atoms with Gasteiger partial charge in [0.15, 0.2) is 5.71 Å². The summed E-state index contributed by atoms with van der Waals surface area (Å²) in [5.41, 5.74) is 0.185. The molecule has 0 atom stereocenters. The van der Waals surface area contributed by atoms with Crippen molar-refractivity contribution in [2.24, 2.45) is 5.10 Å². The summed E-state index contributed by atoms with van der Waals surface area (Å²) in [6, 6.07) is 15.9. The largest absolute Gasteiger partial charge is 0.505 e. The Morgan fingerprint density at radius 1 is 0.786 bits per heavy atom. The molecule has 0 unspecified atom stereocenters.